The Labute approximate surface area is 155 Å². The van der Waals surface area contributed by atoms with Crippen molar-refractivity contribution in [2.75, 3.05) is 13.1 Å². The molecule has 0 aromatic heterocycles. The van der Waals surface area contributed by atoms with E-state index in [1.54, 1.807) is 29.3 Å². The molecule has 0 saturated heterocycles. The fourth-order valence-corrected chi connectivity index (χ4v) is 2.43. The molecular weight excluding hydrogens is 352 g/mol. The highest BCUT2D eigenvalue weighted by atomic mass is 16.4. The van der Waals surface area contributed by atoms with Crippen molar-refractivity contribution in [1.29, 1.82) is 0 Å². The predicted molar refractivity (Wildman–Crippen MR) is 97.8 cm³/mol. The van der Waals surface area contributed by atoms with Gasteiger partial charge in [0.05, 0.1) is 5.57 Å². The third kappa shape index (κ3) is 6.35. The second-order valence-corrected chi connectivity index (χ2v) is 5.92. The van der Waals surface area contributed by atoms with Crippen LogP contribution in [0.15, 0.2) is 54.3 Å². The number of carboxylic acids is 2. The molecule has 0 spiro atoms. The van der Waals surface area contributed by atoms with Crippen LogP contribution in [0.3, 0.4) is 0 Å². The fraction of sp³-hybridized carbons (Fsp3) is 0.211. The number of allylic oxidation sites excluding steroid dienone is 2. The fourth-order valence-electron chi connectivity index (χ4n) is 2.43. The number of aromatic hydroxyl groups is 1. The zero-order chi connectivity index (χ0) is 19.8. The van der Waals surface area contributed by atoms with Crippen LogP contribution in [0, 0.1) is 0 Å². The van der Waals surface area contributed by atoms with Gasteiger partial charge in [-0.15, -0.1) is 0 Å². The van der Waals surface area contributed by atoms with Gasteiger partial charge in [0.15, 0.2) is 0 Å². The van der Waals surface area contributed by atoms with Gasteiger partial charge in [-0.05, 0) is 48.5 Å². The van der Waals surface area contributed by atoms with Crippen LogP contribution < -0.4 is 5.32 Å². The maximum atomic E-state index is 12.0. The number of benzene rings is 1. The minimum absolute atomic E-state index is 0.107. The largest absolute Gasteiger partial charge is 0.508 e. The summed E-state index contributed by atoms with van der Waals surface area (Å²) in [6, 6.07) is 5.08. The topological polar surface area (TPSA) is 127 Å². The molecule has 0 fully saturated rings. The summed E-state index contributed by atoms with van der Waals surface area (Å²) in [5, 5.41) is 29.9. The third-order valence-corrected chi connectivity index (χ3v) is 3.88. The molecule has 142 valence electrons. The molecular formula is C19H20N2O6. The first-order chi connectivity index (χ1) is 12.8. The van der Waals surface area contributed by atoms with Crippen LogP contribution in [-0.4, -0.2) is 57.2 Å². The first-order valence-corrected chi connectivity index (χ1v) is 8.20. The average Bonchev–Trinajstić information content (AvgIpc) is 2.64. The van der Waals surface area contributed by atoms with Gasteiger partial charge in [-0.3, -0.25) is 4.79 Å². The number of nitrogens with one attached hydrogen (secondary N) is 1. The second-order valence-electron chi connectivity index (χ2n) is 5.92. The number of phenols is 1. The normalized spacial score (nSPS) is 14.7. The molecule has 1 heterocycles. The smallest absolute Gasteiger partial charge is 0.333 e. The van der Waals surface area contributed by atoms with Crippen molar-refractivity contribution in [2.45, 2.75) is 12.5 Å². The Morgan fingerprint density at radius 2 is 1.89 bits per heavy atom. The van der Waals surface area contributed by atoms with E-state index in [1.807, 2.05) is 0 Å². The zero-order valence-electron chi connectivity index (χ0n) is 14.4. The summed E-state index contributed by atoms with van der Waals surface area (Å²) in [4.78, 5) is 36.0. The van der Waals surface area contributed by atoms with Crippen LogP contribution in [0.5, 0.6) is 5.75 Å². The molecule has 8 heteroatoms. The molecule has 27 heavy (non-hydrogen) atoms. The summed E-state index contributed by atoms with van der Waals surface area (Å²) < 4.78 is 0. The van der Waals surface area contributed by atoms with Gasteiger partial charge in [-0.1, -0.05) is 12.1 Å². The molecule has 2 rings (SSSR count). The van der Waals surface area contributed by atoms with Gasteiger partial charge in [-0.2, -0.15) is 0 Å². The molecule has 1 aromatic carbocycles. The molecule has 0 bridgehead atoms. The summed E-state index contributed by atoms with van der Waals surface area (Å²) in [7, 11) is 0. The highest BCUT2D eigenvalue weighted by Crippen LogP contribution is 2.11. The van der Waals surface area contributed by atoms with Crippen molar-refractivity contribution in [2.24, 2.45) is 0 Å². The molecule has 0 saturated carbocycles. The minimum atomic E-state index is -1.17. The Morgan fingerprint density at radius 1 is 1.19 bits per heavy atom. The van der Waals surface area contributed by atoms with Crippen LogP contribution in [0.4, 0.5) is 0 Å². The quantitative estimate of drug-likeness (QED) is 0.505. The van der Waals surface area contributed by atoms with E-state index in [2.05, 4.69) is 5.32 Å². The molecule has 1 amide bonds. The van der Waals surface area contributed by atoms with E-state index in [0.29, 0.717) is 5.56 Å². The number of carbonyl (C=O) groups is 3. The van der Waals surface area contributed by atoms with Gasteiger partial charge in [0.25, 0.3) is 0 Å². The molecule has 8 nitrogen and oxygen atoms in total. The summed E-state index contributed by atoms with van der Waals surface area (Å²) in [6.07, 6.45) is 7.59. The van der Waals surface area contributed by atoms with E-state index in [1.165, 1.54) is 30.4 Å². The Hall–Kier alpha value is -3.55. The zero-order valence-corrected chi connectivity index (χ0v) is 14.4. The first-order valence-electron chi connectivity index (χ1n) is 8.20. The van der Waals surface area contributed by atoms with Gasteiger partial charge in [0.1, 0.15) is 11.8 Å². The van der Waals surface area contributed by atoms with E-state index in [-0.39, 0.29) is 30.8 Å². The Morgan fingerprint density at radius 3 is 2.52 bits per heavy atom. The highest BCUT2D eigenvalue weighted by molar-refractivity contribution is 5.94. The molecule has 0 aliphatic carbocycles. The SMILES string of the molecule is O=C(/C=C/c1ccc(O)cc1)N[C@H](CCN1C=CC=C(C(=O)O)C1)C(=O)O. The summed E-state index contributed by atoms with van der Waals surface area (Å²) in [6.45, 7) is 0.451. The van der Waals surface area contributed by atoms with Gasteiger partial charge in [0.2, 0.25) is 5.91 Å². The van der Waals surface area contributed by atoms with Crippen molar-refractivity contribution >= 4 is 23.9 Å². The Bertz CT molecular complexity index is 795. The molecule has 1 aliphatic heterocycles. The van der Waals surface area contributed by atoms with Gasteiger partial charge >= 0.3 is 11.9 Å². The number of rotatable bonds is 8. The lowest BCUT2D eigenvalue weighted by molar-refractivity contribution is -0.141. The predicted octanol–water partition coefficient (Wildman–Crippen LogP) is 1.21. The van der Waals surface area contributed by atoms with Crippen molar-refractivity contribution in [3.63, 3.8) is 0 Å². The van der Waals surface area contributed by atoms with E-state index < -0.39 is 23.9 Å². The second kappa shape index (κ2) is 9.23. The van der Waals surface area contributed by atoms with E-state index in [4.69, 9.17) is 5.11 Å². The van der Waals surface area contributed by atoms with Gasteiger partial charge < -0.3 is 25.5 Å². The standard InChI is InChI=1S/C19H20N2O6/c22-15-6-3-13(4-7-15)5-8-17(23)20-16(19(26)27)9-11-21-10-1-2-14(12-21)18(24)25/h1-8,10,16,22H,9,11-12H2,(H,20,23)(H,24,25)(H,26,27)/b8-5+/t16-/m1/s1. The first kappa shape index (κ1) is 19.8. The number of carboxylic acid groups (broad SMARTS) is 2. The lowest BCUT2D eigenvalue weighted by Gasteiger charge is -2.24. The van der Waals surface area contributed by atoms with Crippen LogP contribution in [0.2, 0.25) is 0 Å². The van der Waals surface area contributed by atoms with Crippen molar-refractivity contribution < 1.29 is 29.7 Å². The molecule has 1 aliphatic rings. The maximum Gasteiger partial charge on any atom is 0.333 e. The van der Waals surface area contributed by atoms with E-state index in [0.717, 1.165) is 0 Å². The lowest BCUT2D eigenvalue weighted by Crippen LogP contribution is -2.42. The summed E-state index contributed by atoms with van der Waals surface area (Å²) in [5.41, 5.74) is 0.895. The number of amides is 1. The van der Waals surface area contributed by atoms with Crippen molar-refractivity contribution in [1.82, 2.24) is 10.2 Å². The summed E-state index contributed by atoms with van der Waals surface area (Å²) >= 11 is 0. The molecule has 0 radical (unpaired) electrons. The highest BCUT2D eigenvalue weighted by Gasteiger charge is 2.21. The molecule has 1 aromatic rings. The van der Waals surface area contributed by atoms with E-state index in [9.17, 15) is 24.6 Å². The van der Waals surface area contributed by atoms with Gasteiger partial charge in [-0.25, -0.2) is 9.59 Å². The maximum absolute atomic E-state index is 12.0. The average molecular weight is 372 g/mol. The molecule has 4 N–H and O–H groups in total. The summed E-state index contributed by atoms with van der Waals surface area (Å²) in [5.74, 6) is -2.64. The molecule has 1 atom stereocenters. The monoisotopic (exact) mass is 372 g/mol. The lowest BCUT2D eigenvalue weighted by atomic mass is 10.1. The van der Waals surface area contributed by atoms with Crippen LogP contribution in [-0.2, 0) is 14.4 Å². The number of nitrogens with zero attached hydrogens (tertiary/aromatic N) is 1. The van der Waals surface area contributed by atoms with Gasteiger partial charge in [0, 0.05) is 19.2 Å². The van der Waals surface area contributed by atoms with E-state index >= 15 is 0 Å². The number of phenolic OH excluding ortho intramolecular Hbond substituents is 1. The van der Waals surface area contributed by atoms with Crippen molar-refractivity contribution in [3.8, 4) is 5.75 Å². The Kier molecular flexibility index (Phi) is 6.76. The minimum Gasteiger partial charge on any atom is -0.508 e. The number of aliphatic carboxylic acids is 2. The van der Waals surface area contributed by atoms with Crippen molar-refractivity contribution in [3.05, 3.63) is 59.8 Å². The number of hydrogen-bond donors (Lipinski definition) is 4. The van der Waals surface area contributed by atoms with Crippen LogP contribution in [0.25, 0.3) is 6.08 Å². The number of carbonyl (C=O) groups excluding carboxylic acids is 1. The molecule has 0 unspecified atom stereocenters. The van der Waals surface area contributed by atoms with Crippen LogP contribution in [0.1, 0.15) is 12.0 Å². The number of hydrogen-bond acceptors (Lipinski definition) is 5. The third-order valence-electron chi connectivity index (χ3n) is 3.88. The Balaban J connectivity index is 1.88. The van der Waals surface area contributed by atoms with Crippen LogP contribution >= 0.6 is 0 Å².